The highest BCUT2D eigenvalue weighted by atomic mass is 16.6. The molecule has 0 aliphatic rings. The Morgan fingerprint density at radius 3 is 1.96 bits per heavy atom. The van der Waals surface area contributed by atoms with Gasteiger partial charge in [0.1, 0.15) is 11.5 Å². The first kappa shape index (κ1) is 20.1. The Balaban J connectivity index is 2.52. The summed E-state index contributed by atoms with van der Waals surface area (Å²) in [5, 5.41) is 9.09. The second kappa shape index (κ2) is 10.0. The van der Waals surface area contributed by atoms with Crippen LogP contribution in [0, 0.1) is 0 Å². The monoisotopic (exact) mass is 369 g/mol. The second-order valence-corrected chi connectivity index (χ2v) is 5.49. The van der Waals surface area contributed by atoms with Gasteiger partial charge >= 0.3 is 5.97 Å². The summed E-state index contributed by atoms with van der Waals surface area (Å²) in [5.41, 5.74) is 5.52. The lowest BCUT2D eigenvalue weighted by Gasteiger charge is -2.12. The molecule has 0 aromatic heterocycles. The zero-order chi connectivity index (χ0) is 19.6. The fourth-order valence-electron chi connectivity index (χ4n) is 2.51. The molecule has 6 nitrogen and oxygen atoms in total. The number of carboxylic acids is 1. The van der Waals surface area contributed by atoms with E-state index in [2.05, 4.69) is 5.48 Å². The van der Waals surface area contributed by atoms with Gasteiger partial charge in [0.05, 0.1) is 26.5 Å². The van der Waals surface area contributed by atoms with Crippen molar-refractivity contribution < 1.29 is 24.2 Å². The van der Waals surface area contributed by atoms with Crippen LogP contribution in [0.15, 0.2) is 66.4 Å². The van der Waals surface area contributed by atoms with Crippen LogP contribution in [0.3, 0.4) is 0 Å². The summed E-state index contributed by atoms with van der Waals surface area (Å²) in [5.74, 6) is 0.430. The summed E-state index contributed by atoms with van der Waals surface area (Å²) in [6, 6.07) is 15.1. The number of rotatable bonds is 9. The molecule has 0 amide bonds. The first-order chi connectivity index (χ1) is 13.1. The predicted octanol–water partition coefficient (Wildman–Crippen LogP) is 3.65. The van der Waals surface area contributed by atoms with Crippen LogP contribution in [0.5, 0.6) is 11.5 Å². The van der Waals surface area contributed by atoms with Crippen LogP contribution in [0.1, 0.15) is 18.1 Å². The van der Waals surface area contributed by atoms with Gasteiger partial charge < -0.3 is 14.6 Å². The molecule has 2 rings (SSSR count). The van der Waals surface area contributed by atoms with E-state index in [-0.39, 0.29) is 0 Å². The van der Waals surface area contributed by atoms with Gasteiger partial charge in [-0.05, 0) is 54.0 Å². The molecular weight excluding hydrogens is 346 g/mol. The van der Waals surface area contributed by atoms with Gasteiger partial charge in [-0.15, -0.1) is 0 Å². The van der Waals surface area contributed by atoms with Crippen LogP contribution >= 0.6 is 0 Å². The highest BCUT2D eigenvalue weighted by Gasteiger charge is 2.09. The van der Waals surface area contributed by atoms with E-state index in [1.54, 1.807) is 13.2 Å². The van der Waals surface area contributed by atoms with Crippen LogP contribution in [0.25, 0.3) is 5.57 Å². The van der Waals surface area contributed by atoms with E-state index in [9.17, 15) is 4.79 Å². The average molecular weight is 369 g/mol. The number of ether oxygens (including phenoxy) is 2. The molecule has 2 N–H and O–H groups in total. The lowest BCUT2D eigenvalue weighted by Crippen LogP contribution is -2.11. The zero-order valence-corrected chi connectivity index (χ0v) is 15.6. The van der Waals surface area contributed by atoms with Crippen LogP contribution in [0.2, 0.25) is 0 Å². The maximum Gasteiger partial charge on any atom is 0.330 e. The van der Waals surface area contributed by atoms with Gasteiger partial charge in [-0.25, -0.2) is 4.79 Å². The van der Waals surface area contributed by atoms with E-state index in [0.29, 0.717) is 12.3 Å². The number of benzene rings is 2. The van der Waals surface area contributed by atoms with E-state index in [1.165, 1.54) is 7.11 Å². The highest BCUT2D eigenvalue weighted by Crippen LogP contribution is 2.28. The van der Waals surface area contributed by atoms with Crippen molar-refractivity contribution in [3.05, 3.63) is 77.5 Å². The molecule has 0 bridgehead atoms. The van der Waals surface area contributed by atoms with Gasteiger partial charge in [0, 0.05) is 6.08 Å². The Bertz CT molecular complexity index is 807. The first-order valence-electron chi connectivity index (χ1n) is 8.40. The highest BCUT2D eigenvalue weighted by molar-refractivity contribution is 5.85. The summed E-state index contributed by atoms with van der Waals surface area (Å²) in [7, 11) is 3.03. The smallest absolute Gasteiger partial charge is 0.330 e. The molecule has 0 atom stereocenters. The van der Waals surface area contributed by atoms with Crippen molar-refractivity contribution in [3.8, 4) is 11.5 Å². The van der Waals surface area contributed by atoms with E-state index in [1.807, 2.05) is 55.5 Å². The minimum absolute atomic E-state index is 0.310. The topological polar surface area (TPSA) is 77.0 Å². The Morgan fingerprint density at radius 2 is 1.52 bits per heavy atom. The molecule has 0 aliphatic carbocycles. The lowest BCUT2D eigenvalue weighted by molar-refractivity contribution is -0.131. The Morgan fingerprint density at radius 1 is 0.963 bits per heavy atom. The number of hydrogen-bond donors (Lipinski definition) is 2. The van der Waals surface area contributed by atoms with Crippen molar-refractivity contribution in [2.24, 2.45) is 0 Å². The van der Waals surface area contributed by atoms with E-state index >= 15 is 0 Å². The second-order valence-electron chi connectivity index (χ2n) is 5.49. The fraction of sp³-hybridized carbons (Fsp3) is 0.190. The molecule has 0 aliphatic heterocycles. The number of methoxy groups -OCH3 is 1. The van der Waals surface area contributed by atoms with Crippen LogP contribution in [-0.4, -0.2) is 31.9 Å². The molecule has 142 valence electrons. The van der Waals surface area contributed by atoms with Crippen molar-refractivity contribution in [2.75, 3.05) is 20.8 Å². The molecule has 0 heterocycles. The maximum atomic E-state index is 11.1. The van der Waals surface area contributed by atoms with Gasteiger partial charge in [-0.3, -0.25) is 10.3 Å². The van der Waals surface area contributed by atoms with E-state index < -0.39 is 5.97 Å². The lowest BCUT2D eigenvalue weighted by atomic mass is 9.96. The Labute approximate surface area is 158 Å². The van der Waals surface area contributed by atoms with Crippen molar-refractivity contribution in [2.45, 2.75) is 6.92 Å². The molecule has 2 aromatic carbocycles. The average Bonchev–Trinajstić information content (AvgIpc) is 2.67. The molecule has 0 saturated carbocycles. The Kier molecular flexibility index (Phi) is 7.46. The first-order valence-corrected chi connectivity index (χ1v) is 8.40. The minimum Gasteiger partial charge on any atom is -0.497 e. The molecule has 2 aromatic rings. The van der Waals surface area contributed by atoms with E-state index in [0.717, 1.165) is 34.3 Å². The summed E-state index contributed by atoms with van der Waals surface area (Å²) in [4.78, 5) is 16.0. The summed E-state index contributed by atoms with van der Waals surface area (Å²) in [6.45, 7) is 2.51. The van der Waals surface area contributed by atoms with Gasteiger partial charge in [0.2, 0.25) is 0 Å². The number of carbonyl (C=O) groups is 1. The quantitative estimate of drug-likeness (QED) is 0.399. The molecule has 0 spiro atoms. The van der Waals surface area contributed by atoms with E-state index in [4.69, 9.17) is 19.4 Å². The molecule has 6 heteroatoms. The number of nitrogens with one attached hydrogen (secondary N) is 1. The Hall–Kier alpha value is -3.25. The van der Waals surface area contributed by atoms with Gasteiger partial charge in [0.15, 0.2) is 0 Å². The number of aliphatic carboxylic acids is 1. The standard InChI is InChI=1S/C21H23NO5/c1-4-27-19-11-7-16(8-12-19)20(13-17(22-26-3)14-21(23)24)15-5-9-18(25-2)10-6-15/h5-14,22H,4H2,1-3H3,(H,23,24). The normalized spacial score (nSPS) is 11.8. The summed E-state index contributed by atoms with van der Waals surface area (Å²) >= 11 is 0. The van der Waals surface area contributed by atoms with Crippen LogP contribution < -0.4 is 15.0 Å². The number of hydrogen-bond acceptors (Lipinski definition) is 5. The van der Waals surface area contributed by atoms with Gasteiger partial charge in [0.25, 0.3) is 0 Å². The van der Waals surface area contributed by atoms with Gasteiger partial charge in [-0.2, -0.15) is 0 Å². The number of hydroxylamine groups is 1. The van der Waals surface area contributed by atoms with Crippen molar-refractivity contribution in [1.82, 2.24) is 5.48 Å². The van der Waals surface area contributed by atoms with Crippen LogP contribution in [0.4, 0.5) is 0 Å². The number of carboxylic acid groups (broad SMARTS) is 1. The molecule has 0 saturated heterocycles. The third-order valence-electron chi connectivity index (χ3n) is 3.68. The molecule has 0 unspecified atom stereocenters. The van der Waals surface area contributed by atoms with Crippen molar-refractivity contribution >= 4 is 11.5 Å². The predicted molar refractivity (Wildman–Crippen MR) is 104 cm³/mol. The molecule has 0 radical (unpaired) electrons. The van der Waals surface area contributed by atoms with Gasteiger partial charge in [-0.1, -0.05) is 24.3 Å². The SMILES string of the molecule is CCOc1ccc(C(=CC(=CC(=O)O)NOC)c2ccc(OC)cc2)cc1. The largest absolute Gasteiger partial charge is 0.497 e. The third kappa shape index (κ3) is 5.90. The number of allylic oxidation sites excluding steroid dienone is 1. The van der Waals surface area contributed by atoms with Crippen molar-refractivity contribution in [1.29, 1.82) is 0 Å². The zero-order valence-electron chi connectivity index (χ0n) is 15.6. The fourth-order valence-corrected chi connectivity index (χ4v) is 2.51. The molecule has 0 fully saturated rings. The maximum absolute atomic E-state index is 11.1. The van der Waals surface area contributed by atoms with Crippen LogP contribution in [-0.2, 0) is 9.63 Å². The molecule has 27 heavy (non-hydrogen) atoms. The van der Waals surface area contributed by atoms with Crippen molar-refractivity contribution in [3.63, 3.8) is 0 Å². The minimum atomic E-state index is -1.08. The third-order valence-corrected chi connectivity index (χ3v) is 3.68. The summed E-state index contributed by atoms with van der Waals surface area (Å²) in [6.07, 6.45) is 2.76. The summed E-state index contributed by atoms with van der Waals surface area (Å²) < 4.78 is 10.7. The molecular formula is C21H23NO5.